The van der Waals surface area contributed by atoms with Gasteiger partial charge in [-0.1, -0.05) is 23.4 Å². The highest BCUT2D eigenvalue weighted by Crippen LogP contribution is 2.41. The van der Waals surface area contributed by atoms with Crippen molar-refractivity contribution in [1.29, 1.82) is 0 Å². The molecule has 1 fully saturated rings. The molecule has 6 nitrogen and oxygen atoms in total. The lowest BCUT2D eigenvalue weighted by Gasteiger charge is -2.24. The van der Waals surface area contributed by atoms with E-state index in [9.17, 15) is 22.8 Å². The van der Waals surface area contributed by atoms with E-state index in [4.69, 9.17) is 9.94 Å². The minimum absolute atomic E-state index is 0.101. The Morgan fingerprint density at radius 1 is 1.31 bits per heavy atom. The highest BCUT2D eigenvalue weighted by Gasteiger charge is 2.57. The minimum atomic E-state index is -4.61. The van der Waals surface area contributed by atoms with Crippen LogP contribution in [0.15, 0.2) is 29.4 Å². The molecular weight excluding hydrogens is 353 g/mol. The second-order valence-electron chi connectivity index (χ2n) is 6.29. The molecular formula is C17H17F3N2O4. The van der Waals surface area contributed by atoms with Crippen molar-refractivity contribution < 1.29 is 32.7 Å². The van der Waals surface area contributed by atoms with E-state index in [0.29, 0.717) is 12.8 Å². The first-order chi connectivity index (χ1) is 12.3. The van der Waals surface area contributed by atoms with Gasteiger partial charge in [-0.05, 0) is 18.9 Å². The molecule has 2 aliphatic rings. The van der Waals surface area contributed by atoms with Gasteiger partial charge in [-0.25, -0.2) is 0 Å². The normalized spacial score (nSPS) is 22.5. The lowest BCUT2D eigenvalue weighted by Crippen LogP contribution is -2.54. The first kappa shape index (κ1) is 18.4. The van der Waals surface area contributed by atoms with Crippen LogP contribution in [0.25, 0.3) is 0 Å². The molecule has 2 N–H and O–H groups in total. The Balaban J connectivity index is 1.92. The number of aliphatic hydroxyl groups is 1. The number of carbonyl (C=O) groups is 2. The molecule has 1 amide bonds. The van der Waals surface area contributed by atoms with E-state index in [1.54, 1.807) is 0 Å². The maximum atomic E-state index is 13.2. The fourth-order valence-electron chi connectivity index (χ4n) is 2.91. The van der Waals surface area contributed by atoms with Gasteiger partial charge in [0.25, 0.3) is 11.5 Å². The molecule has 0 aromatic heterocycles. The van der Waals surface area contributed by atoms with Gasteiger partial charge in [0.15, 0.2) is 5.78 Å². The van der Waals surface area contributed by atoms with Crippen LogP contribution in [-0.4, -0.2) is 41.3 Å². The number of oxime groups is 1. The number of amides is 1. The number of nitrogens with zero attached hydrogens (tertiary/aromatic N) is 1. The fourth-order valence-corrected chi connectivity index (χ4v) is 2.91. The molecule has 9 heteroatoms. The van der Waals surface area contributed by atoms with Gasteiger partial charge in [-0.3, -0.25) is 9.59 Å². The van der Waals surface area contributed by atoms with Gasteiger partial charge in [-0.15, -0.1) is 0 Å². The van der Waals surface area contributed by atoms with Crippen LogP contribution in [0.5, 0.6) is 0 Å². The summed E-state index contributed by atoms with van der Waals surface area (Å²) in [5.41, 5.74) is -3.22. The molecule has 0 bridgehead atoms. The van der Waals surface area contributed by atoms with Gasteiger partial charge in [-0.2, -0.15) is 13.2 Å². The largest absolute Gasteiger partial charge is 0.417 e. The van der Waals surface area contributed by atoms with Gasteiger partial charge in [0, 0.05) is 18.0 Å². The Hall–Kier alpha value is -2.42. The number of rotatable bonds is 6. The molecule has 140 valence electrons. The number of alkyl halides is 3. The van der Waals surface area contributed by atoms with Crippen LogP contribution in [0.4, 0.5) is 13.2 Å². The number of aliphatic hydroxyl groups excluding tert-OH is 1. The van der Waals surface area contributed by atoms with E-state index >= 15 is 0 Å². The van der Waals surface area contributed by atoms with Gasteiger partial charge in [0.1, 0.15) is 0 Å². The summed E-state index contributed by atoms with van der Waals surface area (Å²) < 4.78 is 39.7. The van der Waals surface area contributed by atoms with E-state index in [1.165, 1.54) is 18.2 Å². The lowest BCUT2D eigenvalue weighted by molar-refractivity contribution is -0.157. The number of halogens is 3. The SMILES string of the molecule is O=C(NCCO)C1(C(=O)C2CC2)CC(c2ccccc2C(F)(F)F)=NO1. The van der Waals surface area contributed by atoms with Gasteiger partial charge in [0.05, 0.1) is 24.3 Å². The topological polar surface area (TPSA) is 88.0 Å². The molecule has 1 atom stereocenters. The van der Waals surface area contributed by atoms with Crippen LogP contribution in [0.1, 0.15) is 30.4 Å². The molecule has 0 radical (unpaired) electrons. The van der Waals surface area contributed by atoms with Crippen molar-refractivity contribution in [1.82, 2.24) is 5.32 Å². The smallest absolute Gasteiger partial charge is 0.395 e. The van der Waals surface area contributed by atoms with Crippen molar-refractivity contribution in [2.75, 3.05) is 13.2 Å². The number of ketones is 1. The highest BCUT2D eigenvalue weighted by molar-refractivity contribution is 6.17. The Kier molecular flexibility index (Phi) is 4.74. The number of hydrogen-bond acceptors (Lipinski definition) is 5. The quantitative estimate of drug-likeness (QED) is 0.746. The summed E-state index contributed by atoms with van der Waals surface area (Å²) in [6.45, 7) is -0.444. The number of Topliss-reactive ketones (excluding diaryl/α,β-unsaturated/α-hetero) is 1. The molecule has 1 saturated carbocycles. The van der Waals surface area contributed by atoms with Crippen LogP contribution in [-0.2, 0) is 20.6 Å². The summed E-state index contributed by atoms with van der Waals surface area (Å²) in [6.07, 6.45) is -3.78. The van der Waals surface area contributed by atoms with E-state index < -0.39 is 29.0 Å². The summed E-state index contributed by atoms with van der Waals surface area (Å²) in [5.74, 6) is -1.65. The molecule has 1 heterocycles. The Labute approximate surface area is 147 Å². The predicted molar refractivity (Wildman–Crippen MR) is 84.2 cm³/mol. The molecule has 0 saturated heterocycles. The number of hydrogen-bond donors (Lipinski definition) is 2. The van der Waals surface area contributed by atoms with Gasteiger partial charge >= 0.3 is 6.18 Å². The third kappa shape index (κ3) is 3.31. The number of benzene rings is 1. The monoisotopic (exact) mass is 370 g/mol. The summed E-state index contributed by atoms with van der Waals surface area (Å²) >= 11 is 0. The third-order valence-electron chi connectivity index (χ3n) is 4.38. The van der Waals surface area contributed by atoms with E-state index in [2.05, 4.69) is 10.5 Å². The van der Waals surface area contributed by atoms with Crippen molar-refractivity contribution in [2.24, 2.45) is 11.1 Å². The molecule has 1 aromatic carbocycles. The predicted octanol–water partition coefficient (Wildman–Crippen LogP) is 1.66. The summed E-state index contributed by atoms with van der Waals surface area (Å²) in [4.78, 5) is 30.3. The van der Waals surface area contributed by atoms with Crippen LogP contribution in [0, 0.1) is 5.92 Å². The maximum absolute atomic E-state index is 13.2. The molecule has 1 aromatic rings. The molecule has 1 unspecified atom stereocenters. The summed E-state index contributed by atoms with van der Waals surface area (Å²) in [6, 6.07) is 4.81. The van der Waals surface area contributed by atoms with E-state index in [0.717, 1.165) is 6.07 Å². The Morgan fingerprint density at radius 2 is 2.00 bits per heavy atom. The third-order valence-corrected chi connectivity index (χ3v) is 4.38. The van der Waals surface area contributed by atoms with Crippen molar-refractivity contribution >= 4 is 17.4 Å². The number of nitrogens with one attached hydrogen (secondary N) is 1. The second kappa shape index (κ2) is 6.71. The zero-order valence-electron chi connectivity index (χ0n) is 13.7. The van der Waals surface area contributed by atoms with Crippen LogP contribution in [0.2, 0.25) is 0 Å². The number of carbonyl (C=O) groups excluding carboxylic acids is 2. The van der Waals surface area contributed by atoms with Crippen LogP contribution < -0.4 is 5.32 Å². The van der Waals surface area contributed by atoms with Crippen molar-refractivity contribution in [3.8, 4) is 0 Å². The van der Waals surface area contributed by atoms with Crippen molar-refractivity contribution in [2.45, 2.75) is 31.0 Å². The van der Waals surface area contributed by atoms with Crippen LogP contribution >= 0.6 is 0 Å². The summed E-state index contributed by atoms with van der Waals surface area (Å²) in [5, 5.41) is 14.9. The van der Waals surface area contributed by atoms with E-state index in [1.807, 2.05) is 0 Å². The molecule has 0 spiro atoms. The fraction of sp³-hybridized carbons (Fsp3) is 0.471. The zero-order chi connectivity index (χ0) is 18.9. The van der Waals surface area contributed by atoms with Crippen LogP contribution in [0.3, 0.4) is 0 Å². The highest BCUT2D eigenvalue weighted by atomic mass is 19.4. The van der Waals surface area contributed by atoms with Crippen molar-refractivity contribution in [3.63, 3.8) is 0 Å². The first-order valence-corrected chi connectivity index (χ1v) is 8.14. The van der Waals surface area contributed by atoms with Gasteiger partial charge < -0.3 is 15.3 Å². The molecule has 1 aliphatic heterocycles. The summed E-state index contributed by atoms with van der Waals surface area (Å²) in [7, 11) is 0. The standard InChI is InChI=1S/C17H17F3N2O4/c18-17(19,20)12-4-2-1-3-11(12)13-9-16(26-22-13,14(24)10-5-6-10)15(25)21-7-8-23/h1-4,10,23H,5-9H2,(H,21,25). The zero-order valence-corrected chi connectivity index (χ0v) is 13.7. The minimum Gasteiger partial charge on any atom is -0.395 e. The first-order valence-electron chi connectivity index (χ1n) is 8.14. The average molecular weight is 370 g/mol. The second-order valence-corrected chi connectivity index (χ2v) is 6.29. The Morgan fingerprint density at radius 3 is 2.62 bits per heavy atom. The molecule has 1 aliphatic carbocycles. The lowest BCUT2D eigenvalue weighted by atomic mass is 9.86. The average Bonchev–Trinajstić information content (AvgIpc) is 3.36. The van der Waals surface area contributed by atoms with E-state index in [-0.39, 0.29) is 36.8 Å². The maximum Gasteiger partial charge on any atom is 0.417 e. The molecule has 26 heavy (non-hydrogen) atoms. The Bertz CT molecular complexity index is 759. The molecule has 3 rings (SSSR count). The van der Waals surface area contributed by atoms with Gasteiger partial charge in [0.2, 0.25) is 0 Å². The van der Waals surface area contributed by atoms with Crippen molar-refractivity contribution in [3.05, 3.63) is 35.4 Å².